The largest absolute Gasteiger partial charge is 0.355 e. The third-order valence-corrected chi connectivity index (χ3v) is 5.67. The summed E-state index contributed by atoms with van der Waals surface area (Å²) in [6.07, 6.45) is 5.89. The maximum Gasteiger partial charge on any atom is 0.323 e. The molecule has 1 aromatic heterocycles. The number of hydrogen-bond acceptors (Lipinski definition) is 4. The van der Waals surface area contributed by atoms with Crippen LogP contribution in [0.5, 0.6) is 0 Å². The van der Waals surface area contributed by atoms with Crippen LogP contribution in [0, 0.1) is 0 Å². The van der Waals surface area contributed by atoms with E-state index in [9.17, 15) is 4.79 Å². The lowest BCUT2D eigenvalue weighted by molar-refractivity contribution is 0.262. The molecule has 0 unspecified atom stereocenters. The summed E-state index contributed by atoms with van der Waals surface area (Å²) < 4.78 is 0. The number of benzene rings is 2. The van der Waals surface area contributed by atoms with Gasteiger partial charge in [-0.3, -0.25) is 0 Å². The maximum atomic E-state index is 12.4. The van der Waals surface area contributed by atoms with Crippen molar-refractivity contribution in [2.24, 2.45) is 0 Å². The van der Waals surface area contributed by atoms with E-state index in [0.717, 1.165) is 53.5 Å². The molecule has 0 spiro atoms. The number of rotatable bonds is 5. The van der Waals surface area contributed by atoms with Crippen LogP contribution in [-0.4, -0.2) is 29.3 Å². The van der Waals surface area contributed by atoms with Crippen LogP contribution >= 0.6 is 0 Å². The second-order valence-corrected chi connectivity index (χ2v) is 7.85. The van der Waals surface area contributed by atoms with Crippen molar-refractivity contribution in [1.29, 1.82) is 0 Å². The number of aryl methyl sites for hydroxylation is 1. The molecule has 1 aliphatic rings. The van der Waals surface area contributed by atoms with Crippen LogP contribution in [-0.2, 0) is 6.42 Å². The molecule has 6 heteroatoms. The number of urea groups is 1. The average molecular weight is 416 g/mol. The number of amides is 2. The molecule has 3 aromatic rings. The summed E-state index contributed by atoms with van der Waals surface area (Å²) in [4.78, 5) is 14.7. The molecule has 0 radical (unpaired) electrons. The molecule has 4 rings (SSSR count). The zero-order valence-electron chi connectivity index (χ0n) is 18.0. The van der Waals surface area contributed by atoms with Gasteiger partial charge in [0.05, 0.1) is 5.69 Å². The van der Waals surface area contributed by atoms with E-state index in [4.69, 9.17) is 0 Å². The number of aromatic nitrogens is 2. The van der Waals surface area contributed by atoms with E-state index in [1.165, 1.54) is 25.7 Å². The first-order chi connectivity index (χ1) is 15.2. The number of carbonyl (C=O) groups excluding carboxylic acids is 1. The molecule has 0 atom stereocenters. The Hall–Kier alpha value is -3.41. The molecular weight excluding hydrogens is 386 g/mol. The molecule has 1 aliphatic heterocycles. The van der Waals surface area contributed by atoms with Crippen molar-refractivity contribution in [3.8, 4) is 11.3 Å². The summed E-state index contributed by atoms with van der Waals surface area (Å²) in [6, 6.07) is 19.3. The molecule has 1 saturated heterocycles. The van der Waals surface area contributed by atoms with Crippen LogP contribution in [0.1, 0.15) is 38.2 Å². The van der Waals surface area contributed by atoms with Crippen LogP contribution in [0.2, 0.25) is 0 Å². The van der Waals surface area contributed by atoms with Crippen LogP contribution in [0.4, 0.5) is 22.0 Å². The van der Waals surface area contributed by atoms with Crippen LogP contribution in [0.15, 0.2) is 60.7 Å². The third kappa shape index (κ3) is 5.40. The minimum absolute atomic E-state index is 0.254. The van der Waals surface area contributed by atoms with Gasteiger partial charge >= 0.3 is 6.03 Å². The van der Waals surface area contributed by atoms with Gasteiger partial charge in [0.25, 0.3) is 0 Å². The molecular formula is C25H29N5O. The number of para-hydroxylation sites is 1. The summed E-state index contributed by atoms with van der Waals surface area (Å²) in [6.45, 7) is 4.18. The molecule has 0 bridgehead atoms. The molecule has 0 saturated carbocycles. The predicted molar refractivity (Wildman–Crippen MR) is 127 cm³/mol. The SMILES string of the molecule is CCc1ccccc1NC(=O)Nc1ccc(-c2ccc(N3CCCCCC3)nn2)cc1. The molecule has 2 amide bonds. The van der Waals surface area contributed by atoms with Crippen molar-refractivity contribution >= 4 is 23.2 Å². The Balaban J connectivity index is 1.38. The molecule has 160 valence electrons. The lowest BCUT2D eigenvalue weighted by Crippen LogP contribution is -2.25. The molecule has 2 heterocycles. The Morgan fingerprint density at radius 3 is 2.29 bits per heavy atom. The normalized spacial score (nSPS) is 14.0. The zero-order valence-corrected chi connectivity index (χ0v) is 18.0. The summed E-state index contributed by atoms with van der Waals surface area (Å²) in [5.74, 6) is 0.952. The topological polar surface area (TPSA) is 70.2 Å². The van der Waals surface area contributed by atoms with Gasteiger partial charge in [-0.1, -0.05) is 50.1 Å². The highest BCUT2D eigenvalue weighted by Crippen LogP contribution is 2.22. The smallest absolute Gasteiger partial charge is 0.323 e. The highest BCUT2D eigenvalue weighted by atomic mass is 16.2. The highest BCUT2D eigenvalue weighted by molar-refractivity contribution is 6.00. The van der Waals surface area contributed by atoms with Gasteiger partial charge in [0, 0.05) is 30.0 Å². The first-order valence-electron chi connectivity index (χ1n) is 11.1. The summed E-state index contributed by atoms with van der Waals surface area (Å²) in [5, 5.41) is 14.7. The van der Waals surface area contributed by atoms with E-state index in [-0.39, 0.29) is 6.03 Å². The van der Waals surface area contributed by atoms with E-state index < -0.39 is 0 Å². The fourth-order valence-corrected chi connectivity index (χ4v) is 3.91. The minimum atomic E-state index is -0.254. The highest BCUT2D eigenvalue weighted by Gasteiger charge is 2.12. The standard InChI is InChI=1S/C25H29N5O/c1-2-19-9-5-6-10-22(19)27-25(31)26-21-13-11-20(12-14-21)23-15-16-24(29-28-23)30-17-7-3-4-8-18-30/h5-6,9-16H,2-4,7-8,17-18H2,1H3,(H2,26,27,31). The van der Waals surface area contributed by atoms with Gasteiger partial charge in [0.2, 0.25) is 0 Å². The summed E-state index contributed by atoms with van der Waals surface area (Å²) >= 11 is 0. The molecule has 1 fully saturated rings. The van der Waals surface area contributed by atoms with Gasteiger partial charge in [0.15, 0.2) is 5.82 Å². The quantitative estimate of drug-likeness (QED) is 0.558. The fourth-order valence-electron chi connectivity index (χ4n) is 3.91. The van der Waals surface area contributed by atoms with E-state index in [0.29, 0.717) is 0 Å². The van der Waals surface area contributed by atoms with Gasteiger partial charge in [-0.25, -0.2) is 4.79 Å². The van der Waals surface area contributed by atoms with Crippen LogP contribution in [0.25, 0.3) is 11.3 Å². The Kier molecular flexibility index (Phi) is 6.77. The number of carbonyl (C=O) groups is 1. The Bertz CT molecular complexity index is 993. The maximum absolute atomic E-state index is 12.4. The number of anilines is 3. The van der Waals surface area contributed by atoms with Gasteiger partial charge in [-0.2, -0.15) is 0 Å². The van der Waals surface area contributed by atoms with Gasteiger partial charge in [-0.15, -0.1) is 10.2 Å². The van der Waals surface area contributed by atoms with Crippen molar-refractivity contribution in [3.63, 3.8) is 0 Å². The Morgan fingerprint density at radius 2 is 1.61 bits per heavy atom. The van der Waals surface area contributed by atoms with Gasteiger partial charge in [0.1, 0.15) is 0 Å². The third-order valence-electron chi connectivity index (χ3n) is 5.67. The van der Waals surface area contributed by atoms with E-state index >= 15 is 0 Å². The van der Waals surface area contributed by atoms with Gasteiger partial charge in [-0.05, 0) is 55.2 Å². The first kappa shape index (κ1) is 20.8. The van der Waals surface area contributed by atoms with E-state index in [1.807, 2.05) is 54.6 Å². The second kappa shape index (κ2) is 10.1. The van der Waals surface area contributed by atoms with Crippen molar-refractivity contribution in [2.75, 3.05) is 28.6 Å². The summed E-state index contributed by atoms with van der Waals surface area (Å²) in [5.41, 5.74) is 4.46. The molecule has 31 heavy (non-hydrogen) atoms. The van der Waals surface area contributed by atoms with Crippen LogP contribution in [0.3, 0.4) is 0 Å². The Labute approximate surface area is 183 Å². The molecule has 2 N–H and O–H groups in total. The van der Waals surface area contributed by atoms with Crippen LogP contribution < -0.4 is 15.5 Å². The molecule has 0 aliphatic carbocycles. The molecule has 6 nitrogen and oxygen atoms in total. The Morgan fingerprint density at radius 1 is 0.871 bits per heavy atom. The van der Waals surface area contributed by atoms with Crippen molar-refractivity contribution < 1.29 is 4.79 Å². The van der Waals surface area contributed by atoms with E-state index in [1.54, 1.807) is 0 Å². The predicted octanol–water partition coefficient (Wildman–Crippen LogP) is 5.73. The second-order valence-electron chi connectivity index (χ2n) is 7.85. The van der Waals surface area contributed by atoms with Crippen molar-refractivity contribution in [3.05, 3.63) is 66.2 Å². The fraction of sp³-hybridized carbons (Fsp3) is 0.320. The van der Waals surface area contributed by atoms with Gasteiger partial charge < -0.3 is 15.5 Å². The first-order valence-corrected chi connectivity index (χ1v) is 11.1. The number of nitrogens with one attached hydrogen (secondary N) is 2. The number of nitrogens with zero attached hydrogens (tertiary/aromatic N) is 3. The minimum Gasteiger partial charge on any atom is -0.355 e. The lowest BCUT2D eigenvalue weighted by Gasteiger charge is -2.20. The zero-order chi connectivity index (χ0) is 21.5. The van der Waals surface area contributed by atoms with Crippen molar-refractivity contribution in [1.82, 2.24) is 10.2 Å². The molecule has 2 aromatic carbocycles. The average Bonchev–Trinajstić information content (AvgIpc) is 3.10. The van der Waals surface area contributed by atoms with Crippen molar-refractivity contribution in [2.45, 2.75) is 39.0 Å². The monoisotopic (exact) mass is 415 g/mol. The summed E-state index contributed by atoms with van der Waals surface area (Å²) in [7, 11) is 0. The lowest BCUT2D eigenvalue weighted by atomic mass is 10.1. The van der Waals surface area contributed by atoms with E-state index in [2.05, 4.69) is 38.7 Å². The number of hydrogen-bond donors (Lipinski definition) is 2.